The summed E-state index contributed by atoms with van der Waals surface area (Å²) in [5.74, 6) is -2.49. The molecule has 1 aliphatic heterocycles. The van der Waals surface area contributed by atoms with Gasteiger partial charge in [-0.2, -0.15) is 0 Å². The summed E-state index contributed by atoms with van der Waals surface area (Å²) in [6, 6.07) is 4.58. The molecule has 17 heavy (non-hydrogen) atoms. The molecule has 1 atom stereocenters. The highest BCUT2D eigenvalue weighted by atomic mass is 16.6. The van der Waals surface area contributed by atoms with Crippen LogP contribution >= 0.6 is 0 Å². The van der Waals surface area contributed by atoms with Crippen molar-refractivity contribution in [3.8, 4) is 5.75 Å². The van der Waals surface area contributed by atoms with Crippen LogP contribution in [0.2, 0.25) is 0 Å². The van der Waals surface area contributed by atoms with Gasteiger partial charge in [-0.3, -0.25) is 9.59 Å². The van der Waals surface area contributed by atoms with E-state index in [1.54, 1.807) is 6.07 Å². The molecule has 0 saturated carbocycles. The quantitative estimate of drug-likeness (QED) is 0.565. The van der Waals surface area contributed by atoms with Crippen molar-refractivity contribution in [3.05, 3.63) is 29.3 Å². The van der Waals surface area contributed by atoms with Crippen LogP contribution in [0.15, 0.2) is 18.2 Å². The van der Waals surface area contributed by atoms with Gasteiger partial charge in [0.05, 0.1) is 12.7 Å². The Morgan fingerprint density at radius 3 is 2.65 bits per heavy atom. The van der Waals surface area contributed by atoms with Crippen LogP contribution in [0.25, 0.3) is 0 Å². The molecule has 5 nitrogen and oxygen atoms in total. The van der Waals surface area contributed by atoms with Crippen molar-refractivity contribution >= 4 is 17.7 Å². The molecule has 0 radical (unpaired) electrons. The highest BCUT2D eigenvalue weighted by Gasteiger charge is 2.37. The zero-order valence-corrected chi connectivity index (χ0v) is 9.35. The van der Waals surface area contributed by atoms with Gasteiger partial charge in [0.1, 0.15) is 17.5 Å². The van der Waals surface area contributed by atoms with E-state index < -0.39 is 17.9 Å². The second-order valence-electron chi connectivity index (χ2n) is 3.71. The van der Waals surface area contributed by atoms with Gasteiger partial charge < -0.3 is 9.47 Å². The number of methoxy groups -OCH3 is 1. The summed E-state index contributed by atoms with van der Waals surface area (Å²) < 4.78 is 9.52. The number of fused-ring (bicyclic) bond motifs is 1. The monoisotopic (exact) mass is 234 g/mol. The van der Waals surface area contributed by atoms with Gasteiger partial charge in [0.2, 0.25) is 0 Å². The van der Waals surface area contributed by atoms with Crippen LogP contribution in [0.3, 0.4) is 0 Å². The lowest BCUT2D eigenvalue weighted by molar-refractivity contribution is -0.143. The van der Waals surface area contributed by atoms with Crippen molar-refractivity contribution in [2.75, 3.05) is 7.11 Å². The molecule has 1 aromatic carbocycles. The first-order valence-electron chi connectivity index (χ1n) is 4.99. The molecule has 0 spiro atoms. The van der Waals surface area contributed by atoms with E-state index in [1.807, 2.05) is 0 Å². The van der Waals surface area contributed by atoms with Crippen LogP contribution in [-0.2, 0) is 14.3 Å². The molecule has 0 aliphatic carbocycles. The van der Waals surface area contributed by atoms with Crippen LogP contribution in [0, 0.1) is 0 Å². The second-order valence-corrected chi connectivity index (χ2v) is 3.71. The van der Waals surface area contributed by atoms with E-state index in [9.17, 15) is 14.4 Å². The third-order valence-electron chi connectivity index (χ3n) is 2.63. The minimum Gasteiger partial charge on any atom is -0.497 e. The Morgan fingerprint density at radius 2 is 2.06 bits per heavy atom. The third kappa shape index (κ3) is 1.80. The molecule has 1 aliphatic rings. The standard InChI is InChI=1S/C12H10O5/c1-6(13)10-9-5-7(16-2)3-4-8(9)11(14)17-12(10)15/h3-5,10H,1-2H3. The first-order chi connectivity index (χ1) is 8.04. The smallest absolute Gasteiger partial charge is 0.346 e. The van der Waals surface area contributed by atoms with Crippen molar-refractivity contribution in [1.29, 1.82) is 0 Å². The molecule has 1 unspecified atom stereocenters. The summed E-state index contributed by atoms with van der Waals surface area (Å²) in [4.78, 5) is 34.4. The zero-order valence-electron chi connectivity index (χ0n) is 9.35. The predicted molar refractivity (Wildman–Crippen MR) is 56.8 cm³/mol. The number of carbonyl (C=O) groups is 3. The van der Waals surface area contributed by atoms with E-state index in [0.717, 1.165) is 0 Å². The molecule has 1 aromatic rings. The zero-order chi connectivity index (χ0) is 12.6. The number of cyclic esters (lactones) is 2. The average Bonchev–Trinajstić information content (AvgIpc) is 2.27. The van der Waals surface area contributed by atoms with Gasteiger partial charge >= 0.3 is 11.9 Å². The van der Waals surface area contributed by atoms with Crippen LogP contribution in [-0.4, -0.2) is 24.8 Å². The third-order valence-corrected chi connectivity index (χ3v) is 2.63. The molecular formula is C12H10O5. The fraction of sp³-hybridized carbons (Fsp3) is 0.250. The Morgan fingerprint density at radius 1 is 1.35 bits per heavy atom. The van der Waals surface area contributed by atoms with Gasteiger partial charge in [0.15, 0.2) is 0 Å². The number of rotatable bonds is 2. The van der Waals surface area contributed by atoms with Gasteiger partial charge in [-0.25, -0.2) is 4.79 Å². The Bertz CT molecular complexity index is 518. The minimum absolute atomic E-state index is 0.227. The van der Waals surface area contributed by atoms with E-state index in [-0.39, 0.29) is 11.3 Å². The van der Waals surface area contributed by atoms with Crippen LogP contribution < -0.4 is 4.74 Å². The Labute approximate surface area is 97.3 Å². The summed E-state index contributed by atoms with van der Waals surface area (Å²) >= 11 is 0. The minimum atomic E-state index is -1.04. The Kier molecular flexibility index (Phi) is 2.67. The Hall–Kier alpha value is -2.17. The van der Waals surface area contributed by atoms with Crippen LogP contribution in [0.1, 0.15) is 28.8 Å². The van der Waals surface area contributed by atoms with E-state index in [4.69, 9.17) is 4.74 Å². The van der Waals surface area contributed by atoms with Gasteiger partial charge in [0.25, 0.3) is 0 Å². The molecule has 88 valence electrons. The second kappa shape index (κ2) is 4.01. The number of carbonyl (C=O) groups excluding carboxylic acids is 3. The number of ketones is 1. The maximum Gasteiger partial charge on any atom is 0.346 e. The van der Waals surface area contributed by atoms with Gasteiger partial charge in [-0.15, -0.1) is 0 Å². The molecule has 0 saturated heterocycles. The first kappa shape index (κ1) is 11.3. The normalized spacial score (nSPS) is 18.4. The van der Waals surface area contributed by atoms with Crippen molar-refractivity contribution < 1.29 is 23.9 Å². The first-order valence-corrected chi connectivity index (χ1v) is 4.99. The van der Waals surface area contributed by atoms with E-state index in [2.05, 4.69) is 4.74 Å². The largest absolute Gasteiger partial charge is 0.497 e. The van der Waals surface area contributed by atoms with Crippen molar-refractivity contribution in [2.24, 2.45) is 0 Å². The predicted octanol–water partition coefficient (Wildman–Crippen LogP) is 1.06. The summed E-state index contributed by atoms with van der Waals surface area (Å²) in [5.41, 5.74) is 0.573. The van der Waals surface area contributed by atoms with Gasteiger partial charge in [0, 0.05) is 0 Å². The lowest BCUT2D eigenvalue weighted by atomic mass is 9.89. The molecule has 0 fully saturated rings. The topological polar surface area (TPSA) is 69.7 Å². The number of hydrogen-bond donors (Lipinski definition) is 0. The highest BCUT2D eigenvalue weighted by molar-refractivity contribution is 6.13. The van der Waals surface area contributed by atoms with Crippen molar-refractivity contribution in [1.82, 2.24) is 0 Å². The summed E-state index contributed by atoms with van der Waals surface area (Å²) in [6.45, 7) is 1.28. The number of hydrogen-bond acceptors (Lipinski definition) is 5. The molecule has 5 heteroatoms. The summed E-state index contributed by atoms with van der Waals surface area (Å²) in [7, 11) is 1.47. The molecule has 0 aromatic heterocycles. The van der Waals surface area contributed by atoms with Crippen molar-refractivity contribution in [2.45, 2.75) is 12.8 Å². The molecule has 0 bridgehead atoms. The molecule has 0 N–H and O–H groups in total. The number of benzene rings is 1. The van der Waals surface area contributed by atoms with Gasteiger partial charge in [-0.1, -0.05) is 0 Å². The lowest BCUT2D eigenvalue weighted by Crippen LogP contribution is -2.31. The fourth-order valence-corrected chi connectivity index (χ4v) is 1.81. The summed E-state index contributed by atoms with van der Waals surface area (Å²) in [6.07, 6.45) is 0. The van der Waals surface area contributed by atoms with E-state index >= 15 is 0 Å². The SMILES string of the molecule is COc1ccc2c(c1)C(C(C)=O)C(=O)OC2=O. The number of ether oxygens (including phenoxy) is 2. The molecule has 0 amide bonds. The number of esters is 2. The highest BCUT2D eigenvalue weighted by Crippen LogP contribution is 2.31. The Balaban J connectivity index is 2.62. The number of Topliss-reactive ketones (excluding diaryl/α,β-unsaturated/α-hetero) is 1. The van der Waals surface area contributed by atoms with Crippen LogP contribution in [0.4, 0.5) is 0 Å². The lowest BCUT2D eigenvalue weighted by Gasteiger charge is -2.21. The molecule has 2 rings (SSSR count). The summed E-state index contributed by atoms with van der Waals surface area (Å²) in [5, 5.41) is 0. The molecule has 1 heterocycles. The average molecular weight is 234 g/mol. The maximum absolute atomic E-state index is 11.5. The fourth-order valence-electron chi connectivity index (χ4n) is 1.81. The van der Waals surface area contributed by atoms with Crippen molar-refractivity contribution in [3.63, 3.8) is 0 Å². The molecular weight excluding hydrogens is 224 g/mol. The van der Waals surface area contributed by atoms with E-state index in [0.29, 0.717) is 11.3 Å². The maximum atomic E-state index is 11.5. The van der Waals surface area contributed by atoms with Crippen LogP contribution in [0.5, 0.6) is 5.75 Å². The van der Waals surface area contributed by atoms with E-state index in [1.165, 1.54) is 26.2 Å². The van der Waals surface area contributed by atoms with Gasteiger partial charge in [-0.05, 0) is 30.7 Å².